The van der Waals surface area contributed by atoms with Crippen LogP contribution in [0.4, 0.5) is 0 Å². The predicted octanol–water partition coefficient (Wildman–Crippen LogP) is 4.84. The van der Waals surface area contributed by atoms with Gasteiger partial charge in [0.05, 0.1) is 41.6 Å². The van der Waals surface area contributed by atoms with E-state index in [0.717, 1.165) is 23.3 Å². The summed E-state index contributed by atoms with van der Waals surface area (Å²) in [4.78, 5) is 30.1. The van der Waals surface area contributed by atoms with Crippen LogP contribution in [0.25, 0.3) is 0 Å². The van der Waals surface area contributed by atoms with Crippen LogP contribution in [-0.4, -0.2) is 54.2 Å². The molecular weight excluding hydrogens is 579 g/mol. The van der Waals surface area contributed by atoms with Crippen molar-refractivity contribution in [2.75, 3.05) is 26.4 Å². The topological polar surface area (TPSA) is 130 Å². The lowest BCUT2D eigenvalue weighted by Gasteiger charge is -2.18. The van der Waals surface area contributed by atoms with E-state index in [1.54, 1.807) is 6.07 Å². The number of nitrogens with two attached hydrogens (primary N) is 1. The summed E-state index contributed by atoms with van der Waals surface area (Å²) in [5, 5.41) is 7.79. The van der Waals surface area contributed by atoms with Gasteiger partial charge in [-0.1, -0.05) is 46.6 Å². The number of halogens is 3. The molecule has 216 valence electrons. The van der Waals surface area contributed by atoms with Crippen LogP contribution in [0.2, 0.25) is 10.0 Å². The van der Waals surface area contributed by atoms with Crippen LogP contribution < -0.4 is 15.8 Å². The molecule has 0 saturated carbocycles. The number of hydrogen-bond acceptors (Lipinski definition) is 8. The Morgan fingerprint density at radius 3 is 2.58 bits per heavy atom. The molecule has 9 nitrogen and oxygen atoms in total. The van der Waals surface area contributed by atoms with Gasteiger partial charge in [-0.25, -0.2) is 0 Å². The standard InChI is InChI=1S/C28H32Cl2N4O5.ClH/c29-22-9-6-19(15-23(22)30)10-14-38-21-7-4-18(5-8-21)16-25-33-27(34-39-25)26(35)24(3-1-2-12-31)32-28(36)20-11-13-37-17-20;/h4-9,15,20,24H,1-3,10-14,16-17,31H2,(H,32,36);1H/t20?,24-;/m0./s1. The molecule has 3 N–H and O–H groups in total. The van der Waals surface area contributed by atoms with E-state index in [-0.39, 0.29) is 35.8 Å². The number of aromatic nitrogens is 2. The zero-order valence-corrected chi connectivity index (χ0v) is 24.3. The molecule has 2 aromatic carbocycles. The van der Waals surface area contributed by atoms with Gasteiger partial charge in [-0.2, -0.15) is 4.98 Å². The maximum Gasteiger partial charge on any atom is 0.240 e. The third kappa shape index (κ3) is 9.17. The Morgan fingerprint density at radius 1 is 1.10 bits per heavy atom. The Hall–Kier alpha value is -2.69. The molecule has 2 atom stereocenters. The number of carbonyl (C=O) groups is 2. The summed E-state index contributed by atoms with van der Waals surface area (Å²) in [5.74, 6) is 0.167. The summed E-state index contributed by atoms with van der Waals surface area (Å²) in [5.41, 5.74) is 7.56. The average Bonchev–Trinajstić information content (AvgIpc) is 3.64. The molecule has 0 aliphatic carbocycles. The molecule has 0 bridgehead atoms. The van der Waals surface area contributed by atoms with Crippen molar-refractivity contribution < 1.29 is 23.6 Å². The average molecular weight is 612 g/mol. The van der Waals surface area contributed by atoms with Crippen LogP contribution in [0.1, 0.15) is 53.3 Å². The number of rotatable bonds is 14. The van der Waals surface area contributed by atoms with E-state index < -0.39 is 6.04 Å². The highest BCUT2D eigenvalue weighted by atomic mass is 35.5. The minimum atomic E-state index is -0.740. The predicted molar refractivity (Wildman–Crippen MR) is 155 cm³/mol. The molecule has 12 heteroatoms. The van der Waals surface area contributed by atoms with Crippen molar-refractivity contribution >= 4 is 47.3 Å². The number of ketones is 1. The number of amides is 1. The molecule has 0 radical (unpaired) electrons. The van der Waals surface area contributed by atoms with Gasteiger partial charge < -0.3 is 25.0 Å². The second-order valence-corrected chi connectivity index (χ2v) is 10.3. The Kier molecular flexibility index (Phi) is 12.7. The number of carbonyl (C=O) groups excluding carboxylic acids is 2. The zero-order valence-electron chi connectivity index (χ0n) is 21.9. The second kappa shape index (κ2) is 15.9. The summed E-state index contributed by atoms with van der Waals surface area (Å²) in [6.07, 6.45) is 3.58. The first-order valence-corrected chi connectivity index (χ1v) is 13.8. The normalized spacial score (nSPS) is 15.3. The van der Waals surface area contributed by atoms with Crippen LogP contribution >= 0.6 is 35.6 Å². The van der Waals surface area contributed by atoms with Crippen molar-refractivity contribution in [3.63, 3.8) is 0 Å². The van der Waals surface area contributed by atoms with Crippen molar-refractivity contribution in [3.05, 3.63) is 75.4 Å². The Balaban J connectivity index is 0.00000441. The first-order valence-electron chi connectivity index (χ1n) is 13.0. The number of ether oxygens (including phenoxy) is 2. The summed E-state index contributed by atoms with van der Waals surface area (Å²) in [6.45, 7) is 1.91. The van der Waals surface area contributed by atoms with Crippen LogP contribution in [0.15, 0.2) is 47.0 Å². The Morgan fingerprint density at radius 2 is 1.88 bits per heavy atom. The molecule has 1 fully saturated rings. The highest BCUT2D eigenvalue weighted by molar-refractivity contribution is 6.42. The van der Waals surface area contributed by atoms with E-state index >= 15 is 0 Å². The van der Waals surface area contributed by atoms with E-state index in [9.17, 15) is 9.59 Å². The quantitative estimate of drug-likeness (QED) is 0.196. The molecule has 1 unspecified atom stereocenters. The van der Waals surface area contributed by atoms with E-state index in [2.05, 4.69) is 15.5 Å². The zero-order chi connectivity index (χ0) is 27.6. The van der Waals surface area contributed by atoms with Crippen molar-refractivity contribution in [2.24, 2.45) is 11.7 Å². The lowest BCUT2D eigenvalue weighted by Crippen LogP contribution is -2.44. The van der Waals surface area contributed by atoms with Gasteiger partial charge >= 0.3 is 0 Å². The van der Waals surface area contributed by atoms with Crippen LogP contribution in [0.3, 0.4) is 0 Å². The van der Waals surface area contributed by atoms with E-state index in [4.69, 9.17) is 42.9 Å². The Labute approximate surface area is 249 Å². The molecule has 1 aromatic heterocycles. The van der Waals surface area contributed by atoms with Gasteiger partial charge in [-0.15, -0.1) is 12.4 Å². The molecule has 2 heterocycles. The fourth-order valence-electron chi connectivity index (χ4n) is 4.24. The largest absolute Gasteiger partial charge is 0.493 e. The van der Waals surface area contributed by atoms with E-state index in [1.807, 2.05) is 36.4 Å². The smallest absolute Gasteiger partial charge is 0.240 e. The van der Waals surface area contributed by atoms with E-state index in [1.165, 1.54) is 0 Å². The van der Waals surface area contributed by atoms with Crippen molar-refractivity contribution in [1.29, 1.82) is 0 Å². The molecule has 40 heavy (non-hydrogen) atoms. The minimum absolute atomic E-state index is 0. The van der Waals surface area contributed by atoms with Crippen LogP contribution in [0, 0.1) is 5.92 Å². The third-order valence-corrected chi connectivity index (χ3v) is 7.23. The third-order valence-electron chi connectivity index (χ3n) is 6.49. The summed E-state index contributed by atoms with van der Waals surface area (Å²) < 4.78 is 16.5. The summed E-state index contributed by atoms with van der Waals surface area (Å²) >= 11 is 12.0. The molecule has 3 aromatic rings. The first-order chi connectivity index (χ1) is 18.9. The number of hydrogen-bond donors (Lipinski definition) is 2. The monoisotopic (exact) mass is 610 g/mol. The molecular formula is C28H33Cl3N4O5. The number of Topliss-reactive ketones (excluding diaryl/α,β-unsaturated/α-hetero) is 1. The van der Waals surface area contributed by atoms with Crippen LogP contribution in [0.5, 0.6) is 5.75 Å². The van der Waals surface area contributed by atoms with Gasteiger partial charge in [0.1, 0.15) is 5.75 Å². The van der Waals surface area contributed by atoms with Crippen LogP contribution in [-0.2, 0) is 22.4 Å². The summed E-state index contributed by atoms with van der Waals surface area (Å²) in [7, 11) is 0. The SMILES string of the molecule is Cl.NCCCC[C@H](NC(=O)C1CCOC1)C(=O)c1noc(Cc2ccc(OCCc3ccc(Cl)c(Cl)c3)cc2)n1. The second-order valence-electron chi connectivity index (χ2n) is 9.45. The number of unbranched alkanes of at least 4 members (excludes halogenated alkanes) is 1. The maximum atomic E-state index is 13.1. The fourth-order valence-corrected chi connectivity index (χ4v) is 4.56. The van der Waals surface area contributed by atoms with Gasteiger partial charge in [0, 0.05) is 13.0 Å². The summed E-state index contributed by atoms with van der Waals surface area (Å²) in [6, 6.07) is 12.3. The highest BCUT2D eigenvalue weighted by Gasteiger charge is 2.30. The number of nitrogens with one attached hydrogen (secondary N) is 1. The lowest BCUT2D eigenvalue weighted by atomic mass is 10.0. The minimum Gasteiger partial charge on any atom is -0.493 e. The van der Waals surface area contributed by atoms with Gasteiger partial charge in [-0.3, -0.25) is 9.59 Å². The number of benzene rings is 2. The molecule has 0 spiro atoms. The molecule has 1 aliphatic rings. The molecule has 1 aliphatic heterocycles. The molecule has 1 amide bonds. The first kappa shape index (κ1) is 31.8. The van der Waals surface area contributed by atoms with Crippen molar-refractivity contribution in [2.45, 2.75) is 44.6 Å². The maximum absolute atomic E-state index is 13.1. The lowest BCUT2D eigenvalue weighted by molar-refractivity contribution is -0.125. The van der Waals surface area contributed by atoms with Gasteiger partial charge in [0.25, 0.3) is 0 Å². The number of nitrogens with zero attached hydrogens (tertiary/aromatic N) is 2. The van der Waals surface area contributed by atoms with Crippen molar-refractivity contribution in [1.82, 2.24) is 15.5 Å². The fraction of sp³-hybridized carbons (Fsp3) is 0.429. The van der Waals surface area contributed by atoms with Gasteiger partial charge in [0.2, 0.25) is 23.4 Å². The van der Waals surface area contributed by atoms with Gasteiger partial charge in [-0.05, 0) is 67.6 Å². The van der Waals surface area contributed by atoms with Gasteiger partial charge in [0.15, 0.2) is 0 Å². The van der Waals surface area contributed by atoms with Crippen molar-refractivity contribution in [3.8, 4) is 5.75 Å². The molecule has 1 saturated heterocycles. The Bertz CT molecular complexity index is 1250. The highest BCUT2D eigenvalue weighted by Crippen LogP contribution is 2.23. The molecule has 4 rings (SSSR count). The van der Waals surface area contributed by atoms with E-state index in [0.29, 0.717) is 74.4 Å².